The molecule has 0 amide bonds. The molecule has 0 aromatic rings. The molecule has 0 atom stereocenters. The van der Waals surface area contributed by atoms with Gasteiger partial charge < -0.3 is 10.6 Å². The Bertz CT molecular complexity index is 203. The minimum absolute atomic E-state index is 0.173. The number of piperidine rings is 1. The van der Waals surface area contributed by atoms with Crippen molar-refractivity contribution in [3.63, 3.8) is 0 Å². The maximum Gasteiger partial charge on any atom is 0.330 e. The Labute approximate surface area is 85.3 Å². The van der Waals surface area contributed by atoms with Gasteiger partial charge in [-0.15, -0.1) is 5.06 Å². The highest BCUT2D eigenvalue weighted by atomic mass is 16.7. The van der Waals surface area contributed by atoms with Gasteiger partial charge in [0.2, 0.25) is 0 Å². The van der Waals surface area contributed by atoms with Gasteiger partial charge in [-0.3, -0.25) is 0 Å². The molecule has 0 radical (unpaired) electrons. The standard InChI is InChI=1S/C10H20N2O2/c1-10(2,3)9(13)14-12-6-4-8(11)5-7-12/h8H,4-7,11H2,1-3H3. The first-order valence-electron chi connectivity index (χ1n) is 5.12. The summed E-state index contributed by atoms with van der Waals surface area (Å²) < 4.78 is 0. The van der Waals surface area contributed by atoms with Crippen LogP contribution in [0, 0.1) is 5.41 Å². The third-order valence-corrected chi connectivity index (χ3v) is 2.32. The highest BCUT2D eigenvalue weighted by molar-refractivity contribution is 5.75. The molecule has 0 aromatic heterocycles. The molecule has 1 aliphatic heterocycles. The number of hydrogen-bond donors (Lipinski definition) is 1. The Morgan fingerprint density at radius 2 is 1.86 bits per heavy atom. The van der Waals surface area contributed by atoms with Crippen LogP contribution < -0.4 is 5.73 Å². The average molecular weight is 200 g/mol. The van der Waals surface area contributed by atoms with Gasteiger partial charge in [0.05, 0.1) is 5.41 Å². The molecule has 1 fully saturated rings. The van der Waals surface area contributed by atoms with Gasteiger partial charge >= 0.3 is 5.97 Å². The monoisotopic (exact) mass is 200 g/mol. The van der Waals surface area contributed by atoms with Crippen molar-refractivity contribution in [2.24, 2.45) is 11.1 Å². The number of nitrogens with zero attached hydrogens (tertiary/aromatic N) is 1. The maximum absolute atomic E-state index is 11.5. The Morgan fingerprint density at radius 1 is 1.36 bits per heavy atom. The van der Waals surface area contributed by atoms with E-state index in [1.807, 2.05) is 20.8 Å². The molecule has 0 saturated carbocycles. The van der Waals surface area contributed by atoms with E-state index in [1.165, 1.54) is 0 Å². The largest absolute Gasteiger partial charge is 0.367 e. The van der Waals surface area contributed by atoms with Crippen molar-refractivity contribution in [1.82, 2.24) is 5.06 Å². The predicted octanol–water partition coefficient (Wildman–Crippen LogP) is 0.914. The van der Waals surface area contributed by atoms with Crippen molar-refractivity contribution in [2.45, 2.75) is 39.7 Å². The van der Waals surface area contributed by atoms with Gasteiger partial charge in [0.1, 0.15) is 0 Å². The van der Waals surface area contributed by atoms with Crippen molar-refractivity contribution in [2.75, 3.05) is 13.1 Å². The van der Waals surface area contributed by atoms with Crippen LogP contribution >= 0.6 is 0 Å². The Hall–Kier alpha value is -0.610. The van der Waals surface area contributed by atoms with Crippen LogP contribution in [-0.4, -0.2) is 30.2 Å². The van der Waals surface area contributed by atoms with Crippen LogP contribution in [0.25, 0.3) is 0 Å². The number of hydroxylamine groups is 2. The molecule has 1 aliphatic rings. The van der Waals surface area contributed by atoms with E-state index in [0.717, 1.165) is 25.9 Å². The first-order valence-corrected chi connectivity index (χ1v) is 5.12. The van der Waals surface area contributed by atoms with Crippen LogP contribution in [0.15, 0.2) is 0 Å². The van der Waals surface area contributed by atoms with Crippen molar-refractivity contribution < 1.29 is 9.63 Å². The van der Waals surface area contributed by atoms with Crippen molar-refractivity contribution in [1.29, 1.82) is 0 Å². The molecule has 14 heavy (non-hydrogen) atoms. The molecular weight excluding hydrogens is 180 g/mol. The smallest absolute Gasteiger partial charge is 0.330 e. The lowest BCUT2D eigenvalue weighted by Gasteiger charge is -2.30. The van der Waals surface area contributed by atoms with Crippen molar-refractivity contribution in [3.05, 3.63) is 0 Å². The lowest BCUT2D eigenvalue weighted by molar-refractivity contribution is -0.204. The fourth-order valence-electron chi connectivity index (χ4n) is 1.22. The molecule has 4 heteroatoms. The molecule has 4 nitrogen and oxygen atoms in total. The van der Waals surface area contributed by atoms with Crippen molar-refractivity contribution >= 4 is 5.97 Å². The second-order valence-electron chi connectivity index (χ2n) is 4.90. The molecule has 1 rings (SSSR count). The fourth-order valence-corrected chi connectivity index (χ4v) is 1.22. The SMILES string of the molecule is CC(C)(C)C(=O)ON1CCC(N)CC1. The van der Waals surface area contributed by atoms with Gasteiger partial charge in [-0.1, -0.05) is 0 Å². The van der Waals surface area contributed by atoms with Crippen LogP contribution in [0.5, 0.6) is 0 Å². The normalized spacial score (nSPS) is 20.9. The molecule has 0 bridgehead atoms. The minimum Gasteiger partial charge on any atom is -0.367 e. The van der Waals surface area contributed by atoms with Gasteiger partial charge in [0, 0.05) is 19.1 Å². The quantitative estimate of drug-likeness (QED) is 0.683. The lowest BCUT2D eigenvalue weighted by atomic mass is 9.98. The summed E-state index contributed by atoms with van der Waals surface area (Å²) in [4.78, 5) is 16.8. The van der Waals surface area contributed by atoms with E-state index in [-0.39, 0.29) is 12.0 Å². The van der Waals surface area contributed by atoms with E-state index in [4.69, 9.17) is 10.6 Å². The molecule has 1 saturated heterocycles. The maximum atomic E-state index is 11.5. The van der Waals surface area contributed by atoms with Gasteiger partial charge in [0.15, 0.2) is 0 Å². The summed E-state index contributed by atoms with van der Waals surface area (Å²) in [6.07, 6.45) is 1.80. The third-order valence-electron chi connectivity index (χ3n) is 2.32. The lowest BCUT2D eigenvalue weighted by Crippen LogP contribution is -2.42. The zero-order valence-corrected chi connectivity index (χ0v) is 9.25. The Kier molecular flexibility index (Phi) is 3.50. The minimum atomic E-state index is -0.431. The first kappa shape index (κ1) is 11.5. The molecule has 2 N–H and O–H groups in total. The van der Waals surface area contributed by atoms with Gasteiger partial charge in [0.25, 0.3) is 0 Å². The summed E-state index contributed by atoms with van der Waals surface area (Å²) in [6.45, 7) is 7.06. The summed E-state index contributed by atoms with van der Waals surface area (Å²) in [6, 6.07) is 0.264. The number of carbonyl (C=O) groups is 1. The highest BCUT2D eigenvalue weighted by Crippen LogP contribution is 2.17. The zero-order chi connectivity index (χ0) is 10.8. The Morgan fingerprint density at radius 3 is 2.29 bits per heavy atom. The summed E-state index contributed by atoms with van der Waals surface area (Å²) in [5, 5.41) is 1.72. The average Bonchev–Trinajstić information content (AvgIpc) is 2.07. The van der Waals surface area contributed by atoms with E-state index in [0.29, 0.717) is 0 Å². The van der Waals surface area contributed by atoms with Crippen molar-refractivity contribution in [3.8, 4) is 0 Å². The van der Waals surface area contributed by atoms with E-state index in [2.05, 4.69) is 0 Å². The number of rotatable bonds is 1. The summed E-state index contributed by atoms with van der Waals surface area (Å²) in [7, 11) is 0. The Balaban J connectivity index is 2.35. The molecule has 0 aromatic carbocycles. The summed E-state index contributed by atoms with van der Waals surface area (Å²) in [5.74, 6) is -0.173. The van der Waals surface area contributed by atoms with E-state index in [1.54, 1.807) is 5.06 Å². The second kappa shape index (κ2) is 4.28. The summed E-state index contributed by atoms with van der Waals surface area (Å²) >= 11 is 0. The highest BCUT2D eigenvalue weighted by Gasteiger charge is 2.27. The van der Waals surface area contributed by atoms with Crippen LogP contribution in [0.2, 0.25) is 0 Å². The third kappa shape index (κ3) is 3.27. The zero-order valence-electron chi connectivity index (χ0n) is 9.25. The van der Waals surface area contributed by atoms with Crippen LogP contribution in [0.3, 0.4) is 0 Å². The van der Waals surface area contributed by atoms with Gasteiger partial charge in [-0.25, -0.2) is 4.79 Å². The molecular formula is C10H20N2O2. The molecule has 0 aliphatic carbocycles. The number of nitrogens with two attached hydrogens (primary N) is 1. The van der Waals surface area contributed by atoms with Gasteiger partial charge in [-0.05, 0) is 33.6 Å². The summed E-state index contributed by atoms with van der Waals surface area (Å²) in [5.41, 5.74) is 5.32. The molecule has 0 spiro atoms. The van der Waals surface area contributed by atoms with E-state index in [9.17, 15) is 4.79 Å². The van der Waals surface area contributed by atoms with Crippen LogP contribution in [-0.2, 0) is 9.63 Å². The fraction of sp³-hybridized carbons (Fsp3) is 0.900. The molecule has 0 unspecified atom stereocenters. The van der Waals surface area contributed by atoms with Crippen LogP contribution in [0.4, 0.5) is 0 Å². The first-order chi connectivity index (χ1) is 6.39. The second-order valence-corrected chi connectivity index (χ2v) is 4.90. The molecule has 82 valence electrons. The predicted molar refractivity (Wildman–Crippen MR) is 54.3 cm³/mol. The van der Waals surface area contributed by atoms with Crippen LogP contribution in [0.1, 0.15) is 33.6 Å². The van der Waals surface area contributed by atoms with E-state index >= 15 is 0 Å². The van der Waals surface area contributed by atoms with Gasteiger partial charge in [-0.2, -0.15) is 0 Å². The number of hydrogen-bond acceptors (Lipinski definition) is 4. The topological polar surface area (TPSA) is 55.6 Å². The molecule has 1 heterocycles. The number of carbonyl (C=O) groups excluding carboxylic acids is 1. The van der Waals surface area contributed by atoms with E-state index < -0.39 is 5.41 Å².